The summed E-state index contributed by atoms with van der Waals surface area (Å²) in [5.41, 5.74) is 9.67. The molecule has 0 radical (unpaired) electrons. The highest BCUT2D eigenvalue weighted by Crippen LogP contribution is 2.61. The van der Waals surface area contributed by atoms with E-state index in [0.29, 0.717) is 47.0 Å². The first-order valence-corrected chi connectivity index (χ1v) is 18.3. The van der Waals surface area contributed by atoms with E-state index in [4.69, 9.17) is 15.6 Å². The lowest BCUT2D eigenvalue weighted by molar-refractivity contribution is -0.129. The number of nitrogen functional groups attached to an aromatic ring is 1. The molecule has 3 heterocycles. The Morgan fingerprint density at radius 3 is 2.42 bits per heavy atom. The molecule has 260 valence electrons. The molecule has 1 aliphatic heterocycles. The number of nitrogens with two attached hydrogens (primary N) is 1. The van der Waals surface area contributed by atoms with Crippen molar-refractivity contribution >= 4 is 28.5 Å². The Morgan fingerprint density at radius 2 is 1.72 bits per heavy atom. The van der Waals surface area contributed by atoms with Gasteiger partial charge in [-0.15, -0.1) is 0 Å². The molecule has 3 N–H and O–H groups in total. The van der Waals surface area contributed by atoms with Gasteiger partial charge in [0.15, 0.2) is 11.4 Å². The number of hydrogen-bond donors (Lipinski definition) is 2. The third-order valence-electron chi connectivity index (χ3n) is 11.8. The molecule has 50 heavy (non-hydrogen) atoms. The summed E-state index contributed by atoms with van der Waals surface area (Å²) in [5, 5.41) is 9.09. The number of para-hydroxylation sites is 1. The Hall–Kier alpha value is -4.57. The number of ether oxygens (including phenoxy) is 1. The van der Waals surface area contributed by atoms with Gasteiger partial charge in [0.2, 0.25) is 5.91 Å². The molecule has 4 bridgehead atoms. The molecule has 10 heteroatoms. The smallest absolute Gasteiger partial charge is 0.220 e. The second-order valence-corrected chi connectivity index (χ2v) is 15.4. The Morgan fingerprint density at radius 1 is 1.00 bits per heavy atom. The predicted molar refractivity (Wildman–Crippen MR) is 194 cm³/mol. The van der Waals surface area contributed by atoms with E-state index in [1.165, 1.54) is 50.9 Å². The van der Waals surface area contributed by atoms with Crippen LogP contribution in [0.5, 0.6) is 11.5 Å². The zero-order valence-corrected chi connectivity index (χ0v) is 28.7. The maximum absolute atomic E-state index is 13.1. The number of anilines is 1. The third-order valence-corrected chi connectivity index (χ3v) is 11.8. The van der Waals surface area contributed by atoms with Gasteiger partial charge in [-0.05, 0) is 111 Å². The Bertz CT molecular complexity index is 1860. The number of aromatic nitrogens is 4. The average Bonchev–Trinajstić information content (AvgIpc) is 3.50. The number of nitrogens with one attached hydrogen (secondary N) is 1. The van der Waals surface area contributed by atoms with Gasteiger partial charge >= 0.3 is 0 Å². The van der Waals surface area contributed by atoms with Gasteiger partial charge in [-0.3, -0.25) is 9.59 Å². The summed E-state index contributed by atoms with van der Waals surface area (Å²) in [6.45, 7) is 7.02. The van der Waals surface area contributed by atoms with Gasteiger partial charge in [-0.2, -0.15) is 5.10 Å². The van der Waals surface area contributed by atoms with Crippen LogP contribution in [0, 0.1) is 23.2 Å². The highest BCUT2D eigenvalue weighted by molar-refractivity contribution is 5.99. The van der Waals surface area contributed by atoms with Gasteiger partial charge in [0.05, 0.1) is 11.4 Å². The molecule has 2 aromatic carbocycles. The van der Waals surface area contributed by atoms with E-state index in [1.807, 2.05) is 53.2 Å². The van der Waals surface area contributed by atoms with Crippen LogP contribution in [0.1, 0.15) is 69.4 Å². The van der Waals surface area contributed by atoms with Crippen LogP contribution in [0.15, 0.2) is 67.5 Å². The number of amides is 1. The average molecular weight is 674 g/mol. The predicted octanol–water partition coefficient (Wildman–Crippen LogP) is 6.53. The summed E-state index contributed by atoms with van der Waals surface area (Å²) in [7, 11) is 0. The van der Waals surface area contributed by atoms with Crippen LogP contribution in [0.25, 0.3) is 22.3 Å². The zero-order chi connectivity index (χ0) is 34.2. The first-order chi connectivity index (χ1) is 24.3. The number of benzene rings is 2. The lowest BCUT2D eigenvalue weighted by Crippen LogP contribution is -2.48. The lowest BCUT2D eigenvalue weighted by Gasteiger charge is -2.56. The SMILES string of the molecule is C=CC(=O)Cc1cc(-c2nn(C3CCN(CCNC(=O)CC45CC6CC(CC(C6)C4)C5)CC3)c3ncnc(N)c23)ccc1Oc1ccccc1. The molecule has 4 aromatic rings. The molecule has 5 fully saturated rings. The van der Waals surface area contributed by atoms with Crippen LogP contribution in [0.2, 0.25) is 0 Å². The monoisotopic (exact) mass is 673 g/mol. The fourth-order valence-electron chi connectivity index (χ4n) is 9.94. The maximum Gasteiger partial charge on any atom is 0.220 e. The number of ketones is 1. The van der Waals surface area contributed by atoms with Crippen molar-refractivity contribution in [2.45, 2.75) is 70.3 Å². The van der Waals surface area contributed by atoms with Crippen molar-refractivity contribution in [2.24, 2.45) is 23.2 Å². The number of carbonyl (C=O) groups excluding carboxylic acids is 2. The van der Waals surface area contributed by atoms with E-state index in [2.05, 4.69) is 26.8 Å². The molecular weight excluding hydrogens is 626 g/mol. The van der Waals surface area contributed by atoms with E-state index in [-0.39, 0.29) is 29.6 Å². The fourth-order valence-corrected chi connectivity index (χ4v) is 9.94. The van der Waals surface area contributed by atoms with E-state index in [0.717, 1.165) is 61.4 Å². The number of nitrogens with zero attached hydrogens (tertiary/aromatic N) is 5. The van der Waals surface area contributed by atoms with Crippen molar-refractivity contribution in [1.82, 2.24) is 30.0 Å². The molecule has 4 saturated carbocycles. The van der Waals surface area contributed by atoms with Crippen LogP contribution in [-0.2, 0) is 16.0 Å². The quantitative estimate of drug-likeness (QED) is 0.163. The molecule has 1 saturated heterocycles. The summed E-state index contributed by atoms with van der Waals surface area (Å²) in [5.74, 6) is 4.39. The first-order valence-electron chi connectivity index (χ1n) is 18.3. The highest BCUT2D eigenvalue weighted by Gasteiger charge is 2.51. The fraction of sp³-hybridized carbons (Fsp3) is 0.475. The molecule has 2 aromatic heterocycles. The number of rotatable bonds is 12. The number of hydrogen-bond acceptors (Lipinski definition) is 8. The summed E-state index contributed by atoms with van der Waals surface area (Å²) < 4.78 is 8.18. The van der Waals surface area contributed by atoms with Crippen molar-refractivity contribution in [3.8, 4) is 22.8 Å². The maximum atomic E-state index is 13.1. The van der Waals surface area contributed by atoms with Crippen LogP contribution in [-0.4, -0.2) is 62.5 Å². The summed E-state index contributed by atoms with van der Waals surface area (Å²) in [6, 6.07) is 15.4. The van der Waals surface area contributed by atoms with E-state index in [1.54, 1.807) is 0 Å². The van der Waals surface area contributed by atoms with Gasteiger partial charge in [-0.1, -0.05) is 24.8 Å². The van der Waals surface area contributed by atoms with Crippen LogP contribution in [0.4, 0.5) is 5.82 Å². The molecule has 9 rings (SSSR count). The largest absolute Gasteiger partial charge is 0.457 e. The van der Waals surface area contributed by atoms with Crippen molar-refractivity contribution in [3.63, 3.8) is 0 Å². The lowest BCUT2D eigenvalue weighted by atomic mass is 9.49. The molecule has 4 aliphatic carbocycles. The zero-order valence-electron chi connectivity index (χ0n) is 28.7. The number of allylic oxidation sites excluding steroid dienone is 1. The van der Waals surface area contributed by atoms with Crippen LogP contribution < -0.4 is 15.8 Å². The molecule has 5 aliphatic rings. The molecule has 10 nitrogen and oxygen atoms in total. The molecule has 0 atom stereocenters. The van der Waals surface area contributed by atoms with Gasteiger partial charge in [0.25, 0.3) is 0 Å². The minimum Gasteiger partial charge on any atom is -0.457 e. The minimum absolute atomic E-state index is 0.104. The molecule has 0 unspecified atom stereocenters. The summed E-state index contributed by atoms with van der Waals surface area (Å²) in [6.07, 6.45) is 13.5. The van der Waals surface area contributed by atoms with Crippen molar-refractivity contribution < 1.29 is 14.3 Å². The standard InChI is InChI=1S/C40H47N7O3/c1-2-32(48)20-30-19-29(8-9-34(30)50-33-6-4-3-5-7-33)37-36-38(41)43-25-44-39(36)47(45-37)31-10-13-46(14-11-31)15-12-42-35(49)24-40-21-26-16-27(22-40)18-28(17-26)23-40/h2-9,19,25-28,31H,1,10-18,20-24H2,(H,42,49)(H2,41,43,44). The van der Waals surface area contributed by atoms with Crippen molar-refractivity contribution in [3.05, 3.63) is 73.1 Å². The van der Waals surface area contributed by atoms with Crippen molar-refractivity contribution in [1.29, 1.82) is 0 Å². The summed E-state index contributed by atoms with van der Waals surface area (Å²) in [4.78, 5) is 37.0. The Labute approximate surface area is 293 Å². The second-order valence-electron chi connectivity index (χ2n) is 15.4. The number of likely N-dealkylation sites (tertiary alicyclic amines) is 1. The molecule has 0 spiro atoms. The minimum atomic E-state index is -0.104. The first kappa shape index (κ1) is 32.6. The van der Waals surface area contributed by atoms with Gasteiger partial charge in [0, 0.05) is 50.1 Å². The Balaban J connectivity index is 0.936. The van der Waals surface area contributed by atoms with E-state index < -0.39 is 0 Å². The van der Waals surface area contributed by atoms with Crippen LogP contribution >= 0.6 is 0 Å². The van der Waals surface area contributed by atoms with Gasteiger partial charge < -0.3 is 20.7 Å². The van der Waals surface area contributed by atoms with E-state index in [9.17, 15) is 9.59 Å². The molecular formula is C40H47N7O3. The second kappa shape index (κ2) is 13.6. The molecule has 1 amide bonds. The van der Waals surface area contributed by atoms with Gasteiger partial charge in [0.1, 0.15) is 29.3 Å². The number of fused-ring (bicyclic) bond motifs is 1. The Kier molecular flexibility index (Phi) is 8.89. The van der Waals surface area contributed by atoms with E-state index >= 15 is 0 Å². The van der Waals surface area contributed by atoms with Crippen LogP contribution in [0.3, 0.4) is 0 Å². The highest BCUT2D eigenvalue weighted by atomic mass is 16.5. The number of piperidine rings is 1. The summed E-state index contributed by atoms with van der Waals surface area (Å²) >= 11 is 0. The topological polar surface area (TPSA) is 128 Å². The third kappa shape index (κ3) is 6.65. The number of carbonyl (C=O) groups is 2. The normalized spacial score (nSPS) is 24.8. The van der Waals surface area contributed by atoms with Gasteiger partial charge in [-0.25, -0.2) is 14.6 Å². The van der Waals surface area contributed by atoms with Crippen molar-refractivity contribution in [2.75, 3.05) is 31.9 Å².